The molecule has 0 aliphatic heterocycles. The first-order valence-corrected chi connectivity index (χ1v) is 8.74. The van der Waals surface area contributed by atoms with Crippen molar-refractivity contribution in [3.63, 3.8) is 0 Å². The number of amides is 1. The van der Waals surface area contributed by atoms with Gasteiger partial charge in [0.15, 0.2) is 5.82 Å². The predicted octanol–water partition coefficient (Wildman–Crippen LogP) is 1.35. The first kappa shape index (κ1) is 18.6. The van der Waals surface area contributed by atoms with Crippen molar-refractivity contribution in [1.29, 1.82) is 0 Å². The summed E-state index contributed by atoms with van der Waals surface area (Å²) in [5.41, 5.74) is 2.12. The summed E-state index contributed by atoms with van der Waals surface area (Å²) in [7, 11) is 9.48. The van der Waals surface area contributed by atoms with Crippen molar-refractivity contribution in [3.8, 4) is 0 Å². The Labute approximate surface area is 158 Å². The molecule has 8 nitrogen and oxygen atoms in total. The van der Waals surface area contributed by atoms with Gasteiger partial charge in [-0.25, -0.2) is 0 Å². The molecule has 0 radical (unpaired) electrons. The average molecular weight is 367 g/mol. The van der Waals surface area contributed by atoms with Crippen molar-refractivity contribution in [2.24, 2.45) is 7.05 Å². The topological polar surface area (TPSA) is 79.2 Å². The Hall–Kier alpha value is -3.16. The van der Waals surface area contributed by atoms with Crippen LogP contribution in [-0.4, -0.2) is 53.6 Å². The Bertz CT molecular complexity index is 936. The molecule has 3 aromatic rings. The third kappa shape index (κ3) is 4.16. The summed E-state index contributed by atoms with van der Waals surface area (Å²) >= 11 is 0. The highest BCUT2D eigenvalue weighted by molar-refractivity contribution is 5.89. The summed E-state index contributed by atoms with van der Waals surface area (Å²) in [6.45, 7) is 0.258. The van der Waals surface area contributed by atoms with Crippen molar-refractivity contribution in [2.75, 3.05) is 38.0 Å². The molecule has 0 spiro atoms. The van der Waals surface area contributed by atoms with Crippen LogP contribution in [0.3, 0.4) is 0 Å². The van der Waals surface area contributed by atoms with E-state index >= 15 is 0 Å². The van der Waals surface area contributed by atoms with Crippen molar-refractivity contribution in [2.45, 2.75) is 13.0 Å². The van der Waals surface area contributed by atoms with Gasteiger partial charge < -0.3 is 19.7 Å². The lowest BCUT2D eigenvalue weighted by atomic mass is 10.1. The largest absolute Gasteiger partial charge is 0.350 e. The van der Waals surface area contributed by atoms with Gasteiger partial charge in [0, 0.05) is 52.3 Å². The number of fused-ring (bicyclic) bond motifs is 1. The number of para-hydroxylation sites is 1. The van der Waals surface area contributed by atoms with E-state index in [0.29, 0.717) is 24.1 Å². The maximum atomic E-state index is 12.5. The van der Waals surface area contributed by atoms with E-state index in [-0.39, 0.29) is 12.5 Å². The van der Waals surface area contributed by atoms with Gasteiger partial charge in [-0.15, -0.1) is 0 Å². The van der Waals surface area contributed by atoms with E-state index in [0.717, 1.165) is 16.5 Å². The molecular formula is C19H25N7O. The second kappa shape index (κ2) is 7.61. The van der Waals surface area contributed by atoms with Crippen LogP contribution < -0.4 is 15.1 Å². The Morgan fingerprint density at radius 1 is 1.04 bits per heavy atom. The number of carbonyl (C=O) groups excluding carboxylic acids is 1. The second-order valence-corrected chi connectivity index (χ2v) is 6.88. The predicted molar refractivity (Wildman–Crippen MR) is 107 cm³/mol. The van der Waals surface area contributed by atoms with E-state index in [1.54, 1.807) is 0 Å². The standard InChI is InChI=1S/C19H25N7O/c1-24(2)18-21-16(22-19(23-18)25(3)4)11-20-17(27)10-13-12-26(5)15-9-7-6-8-14(13)15/h6-9,12H,10-11H2,1-5H3,(H,20,27). The van der Waals surface area contributed by atoms with Crippen LogP contribution >= 0.6 is 0 Å². The molecule has 0 saturated heterocycles. The summed E-state index contributed by atoms with van der Waals surface area (Å²) in [5, 5.41) is 4.01. The second-order valence-electron chi connectivity index (χ2n) is 6.88. The molecule has 142 valence electrons. The molecule has 27 heavy (non-hydrogen) atoms. The van der Waals surface area contributed by atoms with Gasteiger partial charge >= 0.3 is 0 Å². The van der Waals surface area contributed by atoms with E-state index in [1.165, 1.54) is 0 Å². The lowest BCUT2D eigenvalue weighted by Gasteiger charge is -2.16. The van der Waals surface area contributed by atoms with Crippen molar-refractivity contribution < 1.29 is 4.79 Å². The third-order valence-corrected chi connectivity index (χ3v) is 4.23. The van der Waals surface area contributed by atoms with E-state index in [1.807, 2.05) is 80.1 Å². The van der Waals surface area contributed by atoms with E-state index < -0.39 is 0 Å². The van der Waals surface area contributed by atoms with Crippen LogP contribution in [0.15, 0.2) is 30.5 Å². The Kier molecular flexibility index (Phi) is 5.25. The lowest BCUT2D eigenvalue weighted by molar-refractivity contribution is -0.120. The average Bonchev–Trinajstić information content (AvgIpc) is 2.95. The fourth-order valence-corrected chi connectivity index (χ4v) is 2.85. The molecule has 0 unspecified atom stereocenters. The zero-order chi connectivity index (χ0) is 19.6. The van der Waals surface area contributed by atoms with Crippen LogP contribution in [0.5, 0.6) is 0 Å². The highest BCUT2D eigenvalue weighted by Gasteiger charge is 2.13. The molecular weight excluding hydrogens is 342 g/mol. The Morgan fingerprint density at radius 3 is 2.30 bits per heavy atom. The molecule has 0 atom stereocenters. The van der Waals surface area contributed by atoms with Gasteiger partial charge in [0.05, 0.1) is 13.0 Å². The van der Waals surface area contributed by atoms with Crippen LogP contribution in [0.4, 0.5) is 11.9 Å². The molecule has 1 amide bonds. The molecule has 2 aromatic heterocycles. The molecule has 0 fully saturated rings. The number of aryl methyl sites for hydroxylation is 1. The van der Waals surface area contributed by atoms with Crippen molar-refractivity contribution in [3.05, 3.63) is 41.9 Å². The molecule has 0 bridgehead atoms. The van der Waals surface area contributed by atoms with Crippen LogP contribution in [0, 0.1) is 0 Å². The fraction of sp³-hybridized carbons (Fsp3) is 0.368. The number of aromatic nitrogens is 4. The minimum atomic E-state index is -0.0652. The highest BCUT2D eigenvalue weighted by Crippen LogP contribution is 2.20. The SMILES string of the molecule is CN(C)c1nc(CNC(=O)Cc2cn(C)c3ccccc23)nc(N(C)C)n1. The molecule has 8 heteroatoms. The highest BCUT2D eigenvalue weighted by atomic mass is 16.1. The van der Waals surface area contributed by atoms with Gasteiger partial charge in [0.25, 0.3) is 0 Å². The number of hydrogen-bond acceptors (Lipinski definition) is 6. The van der Waals surface area contributed by atoms with Crippen LogP contribution in [0.1, 0.15) is 11.4 Å². The number of benzene rings is 1. The number of nitrogens with one attached hydrogen (secondary N) is 1. The molecule has 0 saturated carbocycles. The minimum absolute atomic E-state index is 0.0652. The quantitative estimate of drug-likeness (QED) is 0.709. The van der Waals surface area contributed by atoms with Gasteiger partial charge in [0.1, 0.15) is 0 Å². The smallest absolute Gasteiger partial charge is 0.229 e. The van der Waals surface area contributed by atoms with Gasteiger partial charge in [-0.1, -0.05) is 18.2 Å². The number of hydrogen-bond donors (Lipinski definition) is 1. The number of anilines is 2. The summed E-state index contributed by atoms with van der Waals surface area (Å²) in [6.07, 6.45) is 2.31. The summed E-state index contributed by atoms with van der Waals surface area (Å²) in [4.78, 5) is 29.3. The summed E-state index contributed by atoms with van der Waals surface area (Å²) < 4.78 is 2.04. The number of rotatable bonds is 6. The van der Waals surface area contributed by atoms with Crippen LogP contribution in [0.25, 0.3) is 10.9 Å². The van der Waals surface area contributed by atoms with Crippen LogP contribution in [-0.2, 0) is 24.8 Å². The lowest BCUT2D eigenvalue weighted by Crippen LogP contribution is -2.27. The monoisotopic (exact) mass is 367 g/mol. The van der Waals surface area contributed by atoms with E-state index in [4.69, 9.17) is 0 Å². The zero-order valence-electron chi connectivity index (χ0n) is 16.4. The van der Waals surface area contributed by atoms with E-state index in [2.05, 4.69) is 20.3 Å². The molecule has 3 rings (SSSR count). The zero-order valence-corrected chi connectivity index (χ0v) is 16.4. The first-order valence-electron chi connectivity index (χ1n) is 8.74. The maximum Gasteiger partial charge on any atom is 0.229 e. The maximum absolute atomic E-state index is 12.5. The Balaban J connectivity index is 1.72. The summed E-state index contributed by atoms with van der Waals surface area (Å²) in [6, 6.07) is 8.07. The first-order chi connectivity index (χ1) is 12.8. The summed E-state index contributed by atoms with van der Waals surface area (Å²) in [5.74, 6) is 1.59. The number of nitrogens with zero attached hydrogens (tertiary/aromatic N) is 6. The third-order valence-electron chi connectivity index (χ3n) is 4.23. The van der Waals surface area contributed by atoms with Gasteiger partial charge in [-0.3, -0.25) is 4.79 Å². The van der Waals surface area contributed by atoms with E-state index in [9.17, 15) is 4.79 Å². The fourth-order valence-electron chi connectivity index (χ4n) is 2.85. The number of carbonyl (C=O) groups is 1. The molecule has 0 aliphatic carbocycles. The molecule has 0 aliphatic rings. The molecule has 1 aromatic carbocycles. The van der Waals surface area contributed by atoms with Gasteiger partial charge in [-0.05, 0) is 11.6 Å². The van der Waals surface area contributed by atoms with Crippen molar-refractivity contribution >= 4 is 28.7 Å². The normalized spacial score (nSPS) is 10.9. The van der Waals surface area contributed by atoms with Crippen molar-refractivity contribution in [1.82, 2.24) is 24.8 Å². The van der Waals surface area contributed by atoms with Crippen LogP contribution in [0.2, 0.25) is 0 Å². The van der Waals surface area contributed by atoms with Gasteiger partial charge in [0.2, 0.25) is 17.8 Å². The molecule has 2 heterocycles. The van der Waals surface area contributed by atoms with Gasteiger partial charge in [-0.2, -0.15) is 15.0 Å². The minimum Gasteiger partial charge on any atom is -0.350 e. The Morgan fingerprint density at radius 2 is 1.67 bits per heavy atom. The molecule has 1 N–H and O–H groups in total.